The Morgan fingerprint density at radius 3 is 2.65 bits per heavy atom. The lowest BCUT2D eigenvalue weighted by atomic mass is 9.73. The SMILES string of the molecule is O=C(O)C1CCN(C(=O)C2(c3cccc(Cl)c3)CCOCC2)C1. The van der Waals surface area contributed by atoms with Crippen LogP contribution in [0.25, 0.3) is 0 Å². The number of amides is 1. The number of rotatable bonds is 3. The van der Waals surface area contributed by atoms with Crippen molar-refractivity contribution in [3.05, 3.63) is 34.9 Å². The van der Waals surface area contributed by atoms with Gasteiger partial charge in [0.2, 0.25) is 5.91 Å². The molecule has 1 amide bonds. The normalized spacial score (nSPS) is 23.7. The van der Waals surface area contributed by atoms with Crippen molar-refractivity contribution in [2.45, 2.75) is 24.7 Å². The molecule has 6 heteroatoms. The number of halogens is 1. The van der Waals surface area contributed by atoms with Crippen LogP contribution in [-0.4, -0.2) is 48.2 Å². The van der Waals surface area contributed by atoms with Gasteiger partial charge in [0.25, 0.3) is 0 Å². The molecule has 3 rings (SSSR count). The molecule has 2 fully saturated rings. The van der Waals surface area contributed by atoms with Crippen molar-refractivity contribution in [1.82, 2.24) is 4.90 Å². The molecule has 2 heterocycles. The molecule has 1 atom stereocenters. The van der Waals surface area contributed by atoms with E-state index in [9.17, 15) is 9.59 Å². The summed E-state index contributed by atoms with van der Waals surface area (Å²) in [4.78, 5) is 26.1. The van der Waals surface area contributed by atoms with Crippen molar-refractivity contribution in [3.8, 4) is 0 Å². The lowest BCUT2D eigenvalue weighted by Crippen LogP contribution is -2.49. The number of hydrogen-bond donors (Lipinski definition) is 1. The van der Waals surface area contributed by atoms with Crippen LogP contribution in [0, 0.1) is 5.92 Å². The summed E-state index contributed by atoms with van der Waals surface area (Å²) in [5.74, 6) is -1.29. The molecule has 1 aromatic rings. The molecular weight excluding hydrogens is 318 g/mol. The van der Waals surface area contributed by atoms with E-state index in [0.29, 0.717) is 44.0 Å². The van der Waals surface area contributed by atoms with E-state index in [0.717, 1.165) is 5.56 Å². The number of aliphatic carboxylic acids is 1. The third kappa shape index (κ3) is 3.08. The maximum Gasteiger partial charge on any atom is 0.308 e. The second-order valence-electron chi connectivity index (χ2n) is 6.28. The lowest BCUT2D eigenvalue weighted by molar-refractivity contribution is -0.143. The Balaban J connectivity index is 1.90. The van der Waals surface area contributed by atoms with E-state index in [-0.39, 0.29) is 12.5 Å². The largest absolute Gasteiger partial charge is 0.481 e. The van der Waals surface area contributed by atoms with Gasteiger partial charge in [0.1, 0.15) is 0 Å². The zero-order valence-electron chi connectivity index (χ0n) is 12.8. The number of likely N-dealkylation sites (tertiary alicyclic amines) is 1. The fourth-order valence-corrected chi connectivity index (χ4v) is 3.77. The van der Waals surface area contributed by atoms with Crippen molar-refractivity contribution in [2.24, 2.45) is 5.92 Å². The van der Waals surface area contributed by atoms with E-state index >= 15 is 0 Å². The highest BCUT2D eigenvalue weighted by Gasteiger charge is 2.46. The van der Waals surface area contributed by atoms with Gasteiger partial charge in [-0.05, 0) is 37.0 Å². The average molecular weight is 338 g/mol. The minimum atomic E-state index is -0.830. The quantitative estimate of drug-likeness (QED) is 0.919. The Hall–Kier alpha value is -1.59. The zero-order chi connectivity index (χ0) is 16.4. The number of hydrogen-bond acceptors (Lipinski definition) is 3. The zero-order valence-corrected chi connectivity index (χ0v) is 13.6. The molecule has 0 bridgehead atoms. The Bertz CT molecular complexity index is 612. The summed E-state index contributed by atoms with van der Waals surface area (Å²) < 4.78 is 5.45. The maximum absolute atomic E-state index is 13.2. The summed E-state index contributed by atoms with van der Waals surface area (Å²) in [6, 6.07) is 7.42. The molecule has 2 aliphatic rings. The van der Waals surface area contributed by atoms with Gasteiger partial charge in [0.05, 0.1) is 11.3 Å². The summed E-state index contributed by atoms with van der Waals surface area (Å²) in [6.45, 7) is 1.83. The third-order valence-corrected chi connectivity index (χ3v) is 5.19. The van der Waals surface area contributed by atoms with Crippen LogP contribution in [-0.2, 0) is 19.7 Å². The van der Waals surface area contributed by atoms with Crippen molar-refractivity contribution < 1.29 is 19.4 Å². The van der Waals surface area contributed by atoms with Crippen LogP contribution in [0.2, 0.25) is 5.02 Å². The molecule has 0 radical (unpaired) electrons. The van der Waals surface area contributed by atoms with E-state index in [1.807, 2.05) is 18.2 Å². The van der Waals surface area contributed by atoms with Crippen molar-refractivity contribution in [1.29, 1.82) is 0 Å². The van der Waals surface area contributed by atoms with Crippen LogP contribution in [0.3, 0.4) is 0 Å². The fraction of sp³-hybridized carbons (Fsp3) is 0.529. The van der Waals surface area contributed by atoms with Crippen LogP contribution in [0.5, 0.6) is 0 Å². The highest BCUT2D eigenvalue weighted by Crippen LogP contribution is 2.39. The van der Waals surface area contributed by atoms with Crippen molar-refractivity contribution >= 4 is 23.5 Å². The van der Waals surface area contributed by atoms with E-state index in [1.54, 1.807) is 11.0 Å². The monoisotopic (exact) mass is 337 g/mol. The highest BCUT2D eigenvalue weighted by atomic mass is 35.5. The molecule has 23 heavy (non-hydrogen) atoms. The summed E-state index contributed by atoms with van der Waals surface area (Å²) in [7, 11) is 0. The molecule has 0 spiro atoms. The Kier molecular flexibility index (Phi) is 4.60. The first-order valence-corrected chi connectivity index (χ1v) is 8.27. The molecule has 2 saturated heterocycles. The van der Waals surface area contributed by atoms with E-state index < -0.39 is 17.3 Å². The van der Waals surface area contributed by atoms with Crippen LogP contribution < -0.4 is 0 Å². The predicted molar refractivity (Wildman–Crippen MR) is 85.5 cm³/mol. The molecule has 0 saturated carbocycles. The predicted octanol–water partition coefficient (Wildman–Crippen LogP) is 2.32. The number of carbonyl (C=O) groups excluding carboxylic acids is 1. The third-order valence-electron chi connectivity index (χ3n) is 4.96. The van der Waals surface area contributed by atoms with Gasteiger partial charge in [-0.3, -0.25) is 9.59 Å². The van der Waals surface area contributed by atoms with Gasteiger partial charge in [-0.2, -0.15) is 0 Å². The molecule has 124 valence electrons. The van der Waals surface area contributed by atoms with E-state index in [1.165, 1.54) is 0 Å². The number of carboxylic acids is 1. The van der Waals surface area contributed by atoms with Gasteiger partial charge in [-0.25, -0.2) is 0 Å². The first-order valence-electron chi connectivity index (χ1n) is 7.89. The Labute approximate surface area is 140 Å². The van der Waals surface area contributed by atoms with Crippen molar-refractivity contribution in [3.63, 3.8) is 0 Å². The summed E-state index contributed by atoms with van der Waals surface area (Å²) in [6.07, 6.45) is 1.71. The number of nitrogens with zero attached hydrogens (tertiary/aromatic N) is 1. The Morgan fingerprint density at radius 2 is 2.04 bits per heavy atom. The van der Waals surface area contributed by atoms with Gasteiger partial charge in [-0.1, -0.05) is 23.7 Å². The van der Waals surface area contributed by atoms with Gasteiger partial charge in [-0.15, -0.1) is 0 Å². The fourth-order valence-electron chi connectivity index (χ4n) is 3.58. The van der Waals surface area contributed by atoms with E-state index in [2.05, 4.69) is 0 Å². The molecule has 0 aromatic heterocycles. The van der Waals surface area contributed by atoms with Crippen LogP contribution >= 0.6 is 11.6 Å². The number of carbonyl (C=O) groups is 2. The van der Waals surface area contributed by atoms with Crippen LogP contribution in [0.15, 0.2) is 24.3 Å². The first-order chi connectivity index (χ1) is 11.0. The van der Waals surface area contributed by atoms with Gasteiger partial charge >= 0.3 is 5.97 Å². The molecule has 2 aliphatic heterocycles. The Morgan fingerprint density at radius 1 is 1.30 bits per heavy atom. The maximum atomic E-state index is 13.2. The van der Waals surface area contributed by atoms with Crippen molar-refractivity contribution in [2.75, 3.05) is 26.3 Å². The van der Waals surface area contributed by atoms with Gasteiger partial charge in [0.15, 0.2) is 0 Å². The molecule has 1 aromatic carbocycles. The molecule has 1 N–H and O–H groups in total. The molecule has 0 aliphatic carbocycles. The summed E-state index contributed by atoms with van der Waals surface area (Å²) in [5.41, 5.74) is 0.244. The summed E-state index contributed by atoms with van der Waals surface area (Å²) in [5, 5.41) is 9.77. The topological polar surface area (TPSA) is 66.8 Å². The van der Waals surface area contributed by atoms with Gasteiger partial charge < -0.3 is 14.7 Å². The second kappa shape index (κ2) is 6.49. The highest BCUT2D eigenvalue weighted by molar-refractivity contribution is 6.30. The summed E-state index contributed by atoms with van der Waals surface area (Å²) >= 11 is 6.12. The standard InChI is InChI=1S/C17H20ClNO4/c18-14-3-1-2-13(10-14)17(5-8-23-9-6-17)16(22)19-7-4-12(11-19)15(20)21/h1-3,10,12H,4-9,11H2,(H,20,21). The number of benzene rings is 1. The van der Waals surface area contributed by atoms with E-state index in [4.69, 9.17) is 21.4 Å². The molecule has 5 nitrogen and oxygen atoms in total. The first kappa shape index (κ1) is 16.3. The molecular formula is C17H20ClNO4. The number of ether oxygens (including phenoxy) is 1. The van der Waals surface area contributed by atoms with Crippen LogP contribution in [0.4, 0.5) is 0 Å². The molecule has 1 unspecified atom stereocenters. The lowest BCUT2D eigenvalue weighted by Gasteiger charge is -2.39. The minimum Gasteiger partial charge on any atom is -0.481 e. The average Bonchev–Trinajstić information content (AvgIpc) is 3.05. The van der Waals surface area contributed by atoms with Gasteiger partial charge in [0, 0.05) is 31.3 Å². The minimum absolute atomic E-state index is 0.00631. The second-order valence-corrected chi connectivity index (χ2v) is 6.72. The number of carboxylic acid groups (broad SMARTS) is 1. The van der Waals surface area contributed by atoms with Crippen LogP contribution in [0.1, 0.15) is 24.8 Å². The smallest absolute Gasteiger partial charge is 0.308 e.